The summed E-state index contributed by atoms with van der Waals surface area (Å²) in [6.07, 6.45) is -3.03. The molecule has 0 saturated heterocycles. The van der Waals surface area contributed by atoms with Crippen molar-refractivity contribution in [3.8, 4) is 11.1 Å². The number of aromatic amines is 1. The van der Waals surface area contributed by atoms with E-state index in [-0.39, 0.29) is 16.6 Å². The van der Waals surface area contributed by atoms with Gasteiger partial charge in [0.05, 0.1) is 16.6 Å². The van der Waals surface area contributed by atoms with Gasteiger partial charge in [-0.05, 0) is 17.5 Å². The van der Waals surface area contributed by atoms with Gasteiger partial charge in [0, 0.05) is 22.7 Å². The van der Waals surface area contributed by atoms with Crippen LogP contribution in [0.1, 0.15) is 5.56 Å². The molecule has 3 aromatic heterocycles. The van der Waals surface area contributed by atoms with E-state index in [0.717, 1.165) is 22.8 Å². The Morgan fingerprint density at radius 1 is 1.11 bits per heavy atom. The molecule has 0 fully saturated rings. The van der Waals surface area contributed by atoms with Gasteiger partial charge in [-0.1, -0.05) is 0 Å². The maximum absolute atomic E-state index is 13.1. The van der Waals surface area contributed by atoms with Crippen molar-refractivity contribution in [2.75, 3.05) is 0 Å². The van der Waals surface area contributed by atoms with Crippen molar-refractivity contribution in [1.82, 2.24) is 9.97 Å². The Balaban J connectivity index is 2.26. The van der Waals surface area contributed by atoms with E-state index in [1.807, 2.05) is 0 Å². The molecule has 0 unspecified atom stereocenters. The fraction of sp³-hybridized carbons (Fsp3) is 0.0833. The summed E-state index contributed by atoms with van der Waals surface area (Å²) in [7, 11) is 0. The van der Waals surface area contributed by atoms with Gasteiger partial charge < -0.3 is 4.98 Å². The number of hydrogen-bond donors (Lipinski definition) is 1. The molecular formula is C12H6F4N2S. The maximum atomic E-state index is 13.1. The Kier molecular flexibility index (Phi) is 2.60. The zero-order valence-corrected chi connectivity index (χ0v) is 10.1. The molecule has 0 radical (unpaired) electrons. The summed E-state index contributed by atoms with van der Waals surface area (Å²) in [5.41, 5.74) is 0.231. The van der Waals surface area contributed by atoms with Gasteiger partial charge in [-0.25, -0.2) is 4.98 Å². The second-order valence-corrected chi connectivity index (χ2v) is 4.67. The minimum Gasteiger partial charge on any atom is -0.359 e. The molecule has 0 amide bonds. The van der Waals surface area contributed by atoms with E-state index in [2.05, 4.69) is 9.97 Å². The predicted octanol–water partition coefficient (Wildman–Crippen LogP) is 4.45. The lowest BCUT2D eigenvalue weighted by atomic mass is 10.1. The van der Waals surface area contributed by atoms with Crippen LogP contribution in [-0.2, 0) is 6.18 Å². The average molecular weight is 286 g/mol. The van der Waals surface area contributed by atoms with Gasteiger partial charge in [0.25, 0.3) is 0 Å². The molecule has 7 heteroatoms. The zero-order valence-electron chi connectivity index (χ0n) is 9.25. The molecule has 19 heavy (non-hydrogen) atoms. The van der Waals surface area contributed by atoms with Crippen LogP contribution in [0.15, 0.2) is 29.1 Å². The number of fused-ring (bicyclic) bond motifs is 1. The van der Waals surface area contributed by atoms with E-state index in [4.69, 9.17) is 0 Å². The molecule has 98 valence electrons. The standard InChI is InChI=1S/C12H6F4N2S/c13-10-2-1-9-11(18-10)6(3-17-9)7-4-19-5-8(7)12(14,15)16/h1-5,17H. The number of nitrogens with one attached hydrogen (secondary N) is 1. The highest BCUT2D eigenvalue weighted by Gasteiger charge is 2.35. The van der Waals surface area contributed by atoms with E-state index < -0.39 is 17.7 Å². The molecular weight excluding hydrogens is 280 g/mol. The molecule has 2 nitrogen and oxygen atoms in total. The van der Waals surface area contributed by atoms with Crippen LogP contribution in [0.3, 0.4) is 0 Å². The second kappa shape index (κ2) is 4.06. The minimum atomic E-state index is -4.44. The van der Waals surface area contributed by atoms with E-state index in [9.17, 15) is 17.6 Å². The minimum absolute atomic E-state index is 0.0156. The van der Waals surface area contributed by atoms with Crippen LogP contribution in [0.5, 0.6) is 0 Å². The average Bonchev–Trinajstić information content (AvgIpc) is 2.91. The Morgan fingerprint density at radius 3 is 2.63 bits per heavy atom. The Labute approximate surface area is 108 Å². The van der Waals surface area contributed by atoms with E-state index in [1.54, 1.807) is 0 Å². The highest BCUT2D eigenvalue weighted by atomic mass is 32.1. The number of nitrogens with zero attached hydrogens (tertiary/aromatic N) is 1. The molecule has 0 aliphatic rings. The monoisotopic (exact) mass is 286 g/mol. The maximum Gasteiger partial charge on any atom is 0.417 e. The first-order valence-electron chi connectivity index (χ1n) is 5.24. The van der Waals surface area contributed by atoms with Gasteiger partial charge in [0.1, 0.15) is 0 Å². The molecule has 0 spiro atoms. The third-order valence-corrected chi connectivity index (χ3v) is 3.49. The van der Waals surface area contributed by atoms with E-state index in [1.165, 1.54) is 17.6 Å². The molecule has 0 aliphatic carbocycles. The van der Waals surface area contributed by atoms with Gasteiger partial charge in [-0.15, -0.1) is 0 Å². The topological polar surface area (TPSA) is 28.7 Å². The molecule has 0 aliphatic heterocycles. The van der Waals surface area contributed by atoms with Crippen molar-refractivity contribution in [3.63, 3.8) is 0 Å². The van der Waals surface area contributed by atoms with Gasteiger partial charge in [-0.3, -0.25) is 0 Å². The zero-order chi connectivity index (χ0) is 13.6. The van der Waals surface area contributed by atoms with Crippen molar-refractivity contribution in [2.24, 2.45) is 0 Å². The second-order valence-electron chi connectivity index (χ2n) is 3.93. The Bertz CT molecular complexity index is 742. The Morgan fingerprint density at radius 2 is 1.89 bits per heavy atom. The number of H-pyrrole nitrogens is 1. The quantitative estimate of drug-likeness (QED) is 0.519. The fourth-order valence-electron chi connectivity index (χ4n) is 1.91. The van der Waals surface area contributed by atoms with Gasteiger partial charge in [0.15, 0.2) is 0 Å². The van der Waals surface area contributed by atoms with E-state index in [0.29, 0.717) is 5.52 Å². The summed E-state index contributed by atoms with van der Waals surface area (Å²) in [4.78, 5) is 6.44. The van der Waals surface area contributed by atoms with Crippen LogP contribution in [-0.4, -0.2) is 9.97 Å². The smallest absolute Gasteiger partial charge is 0.359 e. The number of alkyl halides is 3. The van der Waals surface area contributed by atoms with Crippen molar-refractivity contribution < 1.29 is 17.6 Å². The number of hydrogen-bond acceptors (Lipinski definition) is 2. The first kappa shape index (κ1) is 12.2. The largest absolute Gasteiger partial charge is 0.417 e. The lowest BCUT2D eigenvalue weighted by Crippen LogP contribution is -2.04. The molecule has 0 atom stereocenters. The third-order valence-electron chi connectivity index (χ3n) is 2.75. The number of pyridine rings is 1. The number of aromatic nitrogens is 2. The molecule has 1 N–H and O–H groups in total. The number of halogens is 4. The number of rotatable bonds is 1. The molecule has 0 saturated carbocycles. The van der Waals surface area contributed by atoms with Crippen LogP contribution < -0.4 is 0 Å². The van der Waals surface area contributed by atoms with Crippen LogP contribution in [0.4, 0.5) is 17.6 Å². The highest BCUT2D eigenvalue weighted by molar-refractivity contribution is 7.08. The van der Waals surface area contributed by atoms with Crippen molar-refractivity contribution in [3.05, 3.63) is 40.6 Å². The van der Waals surface area contributed by atoms with Crippen LogP contribution >= 0.6 is 11.3 Å². The van der Waals surface area contributed by atoms with Crippen LogP contribution in [0.2, 0.25) is 0 Å². The summed E-state index contributed by atoms with van der Waals surface area (Å²) >= 11 is 0.949. The predicted molar refractivity (Wildman–Crippen MR) is 64.4 cm³/mol. The SMILES string of the molecule is Fc1ccc2[nH]cc(-c3cscc3C(F)(F)F)c2n1. The van der Waals surface area contributed by atoms with Crippen molar-refractivity contribution in [2.45, 2.75) is 6.18 Å². The molecule has 3 heterocycles. The first-order valence-corrected chi connectivity index (χ1v) is 6.18. The van der Waals surface area contributed by atoms with Crippen LogP contribution in [0.25, 0.3) is 22.2 Å². The van der Waals surface area contributed by atoms with Gasteiger partial charge in [-0.2, -0.15) is 28.9 Å². The summed E-state index contributed by atoms with van der Waals surface area (Å²) in [5, 5.41) is 2.42. The lowest BCUT2D eigenvalue weighted by molar-refractivity contribution is -0.136. The highest BCUT2D eigenvalue weighted by Crippen LogP contribution is 2.41. The van der Waals surface area contributed by atoms with Gasteiger partial charge in [0.2, 0.25) is 5.95 Å². The molecule has 3 rings (SSSR count). The summed E-state index contributed by atoms with van der Waals surface area (Å²) < 4.78 is 51.7. The molecule has 0 bridgehead atoms. The first-order chi connectivity index (χ1) is 8.97. The van der Waals surface area contributed by atoms with Crippen molar-refractivity contribution in [1.29, 1.82) is 0 Å². The summed E-state index contributed by atoms with van der Waals surface area (Å²) in [6.45, 7) is 0. The molecule has 3 aromatic rings. The third kappa shape index (κ3) is 1.99. The lowest BCUT2D eigenvalue weighted by Gasteiger charge is -2.06. The van der Waals surface area contributed by atoms with Crippen molar-refractivity contribution >= 4 is 22.4 Å². The Hall–Kier alpha value is -1.89. The van der Waals surface area contributed by atoms with Crippen LogP contribution in [0, 0.1) is 5.95 Å². The normalized spacial score (nSPS) is 12.2. The van der Waals surface area contributed by atoms with E-state index >= 15 is 0 Å². The number of thiophene rings is 1. The summed E-state index contributed by atoms with van der Waals surface area (Å²) in [5.74, 6) is -0.725. The fourth-order valence-corrected chi connectivity index (χ4v) is 2.76. The van der Waals surface area contributed by atoms with Gasteiger partial charge >= 0.3 is 6.18 Å². The molecule has 0 aromatic carbocycles. The summed E-state index contributed by atoms with van der Waals surface area (Å²) in [6, 6.07) is 2.60.